The van der Waals surface area contributed by atoms with Crippen LogP contribution in [0.25, 0.3) is 0 Å². The van der Waals surface area contributed by atoms with Gasteiger partial charge in [-0.3, -0.25) is 14.4 Å². The molecular formula is C26H29NO10. The fraction of sp³-hybridized carbons (Fsp3) is 0.346. The van der Waals surface area contributed by atoms with Gasteiger partial charge < -0.3 is 30.5 Å². The quantitative estimate of drug-likeness (QED) is 0.191. The van der Waals surface area contributed by atoms with Crippen molar-refractivity contribution in [3.8, 4) is 0 Å². The Morgan fingerprint density at radius 2 is 1.19 bits per heavy atom. The number of ketones is 2. The van der Waals surface area contributed by atoms with E-state index in [2.05, 4.69) is 17.0 Å². The van der Waals surface area contributed by atoms with Crippen LogP contribution in [0.5, 0.6) is 0 Å². The number of hydrogen-bond acceptors (Lipinski definition) is 9. The van der Waals surface area contributed by atoms with Gasteiger partial charge in [0.1, 0.15) is 0 Å². The molecule has 0 unspecified atom stereocenters. The fourth-order valence-electron chi connectivity index (χ4n) is 3.80. The predicted octanol–water partition coefficient (Wildman–Crippen LogP) is 0.931. The highest BCUT2D eigenvalue weighted by atomic mass is 16.5. The summed E-state index contributed by atoms with van der Waals surface area (Å²) in [5, 5.41) is 43.1. The molecule has 4 atom stereocenters. The molecule has 0 amide bonds. The molecule has 0 radical (unpaired) electrons. The van der Waals surface area contributed by atoms with Gasteiger partial charge in [-0.15, -0.1) is 0 Å². The number of esters is 1. The first-order chi connectivity index (χ1) is 17.4. The third kappa shape index (κ3) is 6.08. The normalized spacial score (nSPS) is 20.1. The van der Waals surface area contributed by atoms with Crippen LogP contribution >= 0.6 is 0 Å². The molecule has 0 aliphatic carbocycles. The molecule has 0 aromatic heterocycles. The minimum atomic E-state index is -3.95. The first-order valence-electron chi connectivity index (χ1n) is 11.3. The van der Waals surface area contributed by atoms with Crippen molar-refractivity contribution in [2.75, 3.05) is 13.7 Å². The van der Waals surface area contributed by atoms with Gasteiger partial charge in [0.2, 0.25) is 11.6 Å². The maximum atomic E-state index is 12.6. The average Bonchev–Trinajstić information content (AvgIpc) is 2.92. The second kappa shape index (κ2) is 12.3. The van der Waals surface area contributed by atoms with Crippen LogP contribution in [-0.4, -0.2) is 80.8 Å². The Kier molecular flexibility index (Phi) is 9.78. The molecule has 11 heteroatoms. The van der Waals surface area contributed by atoms with Crippen LogP contribution in [0.1, 0.15) is 40.5 Å². The molecule has 0 bridgehead atoms. The van der Waals surface area contributed by atoms with Crippen LogP contribution in [0, 0.1) is 5.92 Å². The molecule has 0 saturated carbocycles. The number of rotatable bonds is 8. The topological polar surface area (TPSA) is 188 Å². The molecule has 1 fully saturated rings. The number of aliphatic hydroxyl groups is 2. The summed E-state index contributed by atoms with van der Waals surface area (Å²) >= 11 is 0. The van der Waals surface area contributed by atoms with Crippen molar-refractivity contribution in [3.63, 3.8) is 0 Å². The van der Waals surface area contributed by atoms with E-state index < -0.39 is 45.8 Å². The van der Waals surface area contributed by atoms with Crippen LogP contribution in [0.15, 0.2) is 60.7 Å². The Morgan fingerprint density at radius 3 is 1.49 bits per heavy atom. The Hall–Kier alpha value is -3.93. The van der Waals surface area contributed by atoms with Gasteiger partial charge in [-0.2, -0.15) is 0 Å². The van der Waals surface area contributed by atoms with E-state index >= 15 is 0 Å². The van der Waals surface area contributed by atoms with Crippen molar-refractivity contribution in [1.82, 2.24) is 5.32 Å². The number of carboxylic acids is 2. The number of carboxylic acid groups (broad SMARTS) is 2. The number of benzene rings is 2. The molecule has 0 spiro atoms. The Morgan fingerprint density at radius 1 is 0.784 bits per heavy atom. The van der Waals surface area contributed by atoms with Crippen molar-refractivity contribution < 1.29 is 49.1 Å². The number of Topliss-reactive ketones (excluding diaryl/α,β-unsaturated/α-hetero) is 2. The highest BCUT2D eigenvalue weighted by Gasteiger charge is 2.69. The van der Waals surface area contributed by atoms with Crippen molar-refractivity contribution in [3.05, 3.63) is 71.8 Å². The number of ether oxygens (including phenoxy) is 1. The lowest BCUT2D eigenvalue weighted by molar-refractivity contribution is -0.187. The summed E-state index contributed by atoms with van der Waals surface area (Å²) in [6.07, 6.45) is 2.03. The molecule has 1 aliphatic heterocycles. The zero-order valence-electron chi connectivity index (χ0n) is 20.3. The molecule has 2 aromatic rings. The second-order valence-corrected chi connectivity index (χ2v) is 8.53. The van der Waals surface area contributed by atoms with Crippen molar-refractivity contribution in [1.29, 1.82) is 0 Å². The number of carbonyl (C=O) groups excluding carboxylic acids is 3. The summed E-state index contributed by atoms with van der Waals surface area (Å²) in [6, 6.07) is 13.4. The predicted molar refractivity (Wildman–Crippen MR) is 129 cm³/mol. The van der Waals surface area contributed by atoms with Crippen LogP contribution < -0.4 is 5.32 Å². The molecule has 198 valence electrons. The number of carbonyl (C=O) groups is 5. The third-order valence-corrected chi connectivity index (χ3v) is 6.07. The monoisotopic (exact) mass is 515 g/mol. The van der Waals surface area contributed by atoms with E-state index in [1.54, 1.807) is 0 Å². The third-order valence-electron chi connectivity index (χ3n) is 6.07. The van der Waals surface area contributed by atoms with Crippen molar-refractivity contribution in [2.24, 2.45) is 5.92 Å². The van der Waals surface area contributed by atoms with Crippen LogP contribution in [0.3, 0.4) is 0 Å². The van der Waals surface area contributed by atoms with Gasteiger partial charge in [0.05, 0.1) is 13.0 Å². The smallest absolute Gasteiger partial charge is 0.348 e. The first kappa shape index (κ1) is 29.3. The number of aliphatic carboxylic acids is 2. The van der Waals surface area contributed by atoms with Gasteiger partial charge in [-0.25, -0.2) is 9.59 Å². The summed E-state index contributed by atoms with van der Waals surface area (Å²) in [6.45, 7) is 2.90. The molecule has 1 heterocycles. The second-order valence-electron chi connectivity index (χ2n) is 8.53. The minimum Gasteiger partial charge on any atom is -0.479 e. The minimum absolute atomic E-state index is 0.0793. The maximum absolute atomic E-state index is 12.6. The lowest BCUT2D eigenvalue weighted by Crippen LogP contribution is -2.71. The van der Waals surface area contributed by atoms with E-state index in [9.17, 15) is 44.4 Å². The van der Waals surface area contributed by atoms with Crippen molar-refractivity contribution in [2.45, 2.75) is 37.0 Å². The molecule has 3 rings (SSSR count). The highest BCUT2D eigenvalue weighted by Crippen LogP contribution is 2.31. The summed E-state index contributed by atoms with van der Waals surface area (Å²) in [5.74, 6) is -8.03. The van der Waals surface area contributed by atoms with E-state index in [1.165, 1.54) is 43.5 Å². The zero-order valence-corrected chi connectivity index (χ0v) is 20.3. The van der Waals surface area contributed by atoms with E-state index in [1.807, 2.05) is 0 Å². The van der Waals surface area contributed by atoms with Gasteiger partial charge in [0.25, 0.3) is 11.2 Å². The average molecular weight is 516 g/mol. The molecule has 1 saturated heterocycles. The number of hydrogen-bond donors (Lipinski definition) is 5. The molecule has 1 aliphatic rings. The van der Waals surface area contributed by atoms with E-state index in [0.29, 0.717) is 6.04 Å². The zero-order chi connectivity index (χ0) is 27.8. The number of piperidine rings is 1. The maximum Gasteiger partial charge on any atom is 0.348 e. The molecular weight excluding hydrogens is 486 g/mol. The van der Waals surface area contributed by atoms with Crippen LogP contribution in [0.4, 0.5) is 0 Å². The lowest BCUT2D eigenvalue weighted by atomic mass is 9.73. The largest absolute Gasteiger partial charge is 0.479 e. The van der Waals surface area contributed by atoms with Gasteiger partial charge in [-0.05, 0) is 19.8 Å². The Balaban J connectivity index is 0.000000364. The van der Waals surface area contributed by atoms with Gasteiger partial charge >= 0.3 is 17.9 Å². The first-order valence-corrected chi connectivity index (χ1v) is 11.3. The number of methoxy groups -OCH3 is 1. The summed E-state index contributed by atoms with van der Waals surface area (Å²) in [7, 11) is 1.44. The van der Waals surface area contributed by atoms with Gasteiger partial charge in [0.15, 0.2) is 0 Å². The highest BCUT2D eigenvalue weighted by molar-refractivity contribution is 6.28. The Labute approximate surface area is 212 Å². The van der Waals surface area contributed by atoms with E-state index in [0.717, 1.165) is 43.7 Å². The summed E-state index contributed by atoms with van der Waals surface area (Å²) < 4.78 is 4.65. The lowest BCUT2D eigenvalue weighted by Gasteiger charge is -2.34. The van der Waals surface area contributed by atoms with E-state index in [4.69, 9.17) is 0 Å². The van der Waals surface area contributed by atoms with Gasteiger partial charge in [-0.1, -0.05) is 60.7 Å². The number of nitrogens with one attached hydrogen (secondary N) is 1. The fourth-order valence-corrected chi connectivity index (χ4v) is 3.80. The summed E-state index contributed by atoms with van der Waals surface area (Å²) in [5.41, 5.74) is -8.68. The van der Waals surface area contributed by atoms with Crippen LogP contribution in [-0.2, 0) is 19.1 Å². The van der Waals surface area contributed by atoms with E-state index in [-0.39, 0.29) is 11.9 Å². The molecule has 2 aromatic carbocycles. The SMILES string of the molecule is COC(=O)[C@@H]1CC[C@@H](C)NC1.O=C(O)[C@@](O)(C(=O)c1ccccc1)[C@@](O)(C(=O)O)C(=O)c1ccccc1. The molecule has 11 nitrogen and oxygen atoms in total. The summed E-state index contributed by atoms with van der Waals surface area (Å²) in [4.78, 5) is 59.5. The molecule has 5 N–H and O–H groups in total. The Bertz CT molecular complexity index is 1060. The standard InChI is InChI=1S/C18H14O8.C8H15NO2/c19-13(11-7-3-1-4-8-11)17(25,15(21)22)18(26,16(23)24)14(20)12-9-5-2-6-10-12;1-6-3-4-7(5-9-6)8(10)11-2/h1-10,25-26H,(H,21,22)(H,23,24);6-7,9H,3-5H2,1-2H3/t17-,18-;6-,7-/m01/s1. The van der Waals surface area contributed by atoms with Crippen LogP contribution in [0.2, 0.25) is 0 Å². The van der Waals surface area contributed by atoms with Crippen molar-refractivity contribution >= 4 is 29.5 Å². The van der Waals surface area contributed by atoms with Gasteiger partial charge in [0, 0.05) is 23.7 Å². The molecule has 37 heavy (non-hydrogen) atoms.